The SMILES string of the molecule is CCOC(=O)C(C#N)CC(F)(F)c1ccccc1. The van der Waals surface area contributed by atoms with Crippen LogP contribution in [-0.2, 0) is 15.5 Å². The average Bonchev–Trinajstić information content (AvgIpc) is 2.37. The zero-order chi connectivity index (χ0) is 13.6. The maximum absolute atomic E-state index is 13.8. The molecule has 0 heterocycles. The van der Waals surface area contributed by atoms with Crippen LogP contribution >= 0.6 is 0 Å². The van der Waals surface area contributed by atoms with Crippen molar-refractivity contribution >= 4 is 5.97 Å². The molecule has 0 fully saturated rings. The van der Waals surface area contributed by atoms with E-state index in [-0.39, 0.29) is 12.2 Å². The van der Waals surface area contributed by atoms with Crippen LogP contribution in [0.1, 0.15) is 18.9 Å². The lowest BCUT2D eigenvalue weighted by Gasteiger charge is -2.18. The highest BCUT2D eigenvalue weighted by molar-refractivity contribution is 5.75. The van der Waals surface area contributed by atoms with Crippen LogP contribution in [0.3, 0.4) is 0 Å². The van der Waals surface area contributed by atoms with Gasteiger partial charge in [0.1, 0.15) is 5.92 Å². The van der Waals surface area contributed by atoms with Crippen LogP contribution in [0.25, 0.3) is 0 Å². The molecule has 1 rings (SSSR count). The number of rotatable bonds is 5. The molecule has 0 radical (unpaired) electrons. The van der Waals surface area contributed by atoms with Crippen molar-refractivity contribution in [3.8, 4) is 6.07 Å². The van der Waals surface area contributed by atoms with Crippen molar-refractivity contribution in [2.75, 3.05) is 6.61 Å². The summed E-state index contributed by atoms with van der Waals surface area (Å²) in [4.78, 5) is 11.3. The summed E-state index contributed by atoms with van der Waals surface area (Å²) < 4.78 is 32.3. The highest BCUT2D eigenvalue weighted by Crippen LogP contribution is 2.34. The van der Waals surface area contributed by atoms with Gasteiger partial charge in [-0.2, -0.15) is 5.26 Å². The Hall–Kier alpha value is -1.96. The fourth-order valence-electron chi connectivity index (χ4n) is 1.48. The zero-order valence-electron chi connectivity index (χ0n) is 9.90. The van der Waals surface area contributed by atoms with Crippen LogP contribution < -0.4 is 0 Å². The van der Waals surface area contributed by atoms with E-state index >= 15 is 0 Å². The van der Waals surface area contributed by atoms with Crippen LogP contribution in [-0.4, -0.2) is 12.6 Å². The number of nitrogens with zero attached hydrogens (tertiary/aromatic N) is 1. The Morgan fingerprint density at radius 2 is 2.06 bits per heavy atom. The Morgan fingerprint density at radius 1 is 1.44 bits per heavy atom. The van der Waals surface area contributed by atoms with Gasteiger partial charge in [0.15, 0.2) is 0 Å². The van der Waals surface area contributed by atoms with Gasteiger partial charge in [-0.05, 0) is 6.92 Å². The molecule has 0 saturated carbocycles. The molecule has 1 atom stereocenters. The topological polar surface area (TPSA) is 50.1 Å². The fraction of sp³-hybridized carbons (Fsp3) is 0.385. The van der Waals surface area contributed by atoms with E-state index in [0.717, 1.165) is 0 Å². The standard InChI is InChI=1S/C13H13F2NO2/c1-2-18-12(17)10(9-16)8-13(14,15)11-6-4-3-5-7-11/h3-7,10H,2,8H2,1H3. The third kappa shape index (κ3) is 3.52. The molecule has 18 heavy (non-hydrogen) atoms. The molecule has 1 aromatic rings. The minimum atomic E-state index is -3.23. The smallest absolute Gasteiger partial charge is 0.323 e. The summed E-state index contributed by atoms with van der Waals surface area (Å²) in [5.41, 5.74) is -0.213. The number of hydrogen-bond acceptors (Lipinski definition) is 3. The molecule has 0 saturated heterocycles. The van der Waals surface area contributed by atoms with E-state index < -0.39 is 24.2 Å². The van der Waals surface area contributed by atoms with Crippen LogP contribution in [0.15, 0.2) is 30.3 Å². The van der Waals surface area contributed by atoms with Crippen molar-refractivity contribution in [1.82, 2.24) is 0 Å². The largest absolute Gasteiger partial charge is 0.465 e. The van der Waals surface area contributed by atoms with Gasteiger partial charge in [-0.3, -0.25) is 4.79 Å². The molecule has 0 aliphatic rings. The monoisotopic (exact) mass is 253 g/mol. The van der Waals surface area contributed by atoms with Crippen LogP contribution in [0, 0.1) is 17.2 Å². The van der Waals surface area contributed by atoms with Gasteiger partial charge >= 0.3 is 5.97 Å². The summed E-state index contributed by atoms with van der Waals surface area (Å²) in [5, 5.41) is 8.75. The highest BCUT2D eigenvalue weighted by atomic mass is 19.3. The molecule has 1 unspecified atom stereocenters. The number of hydrogen-bond donors (Lipinski definition) is 0. The third-order valence-electron chi connectivity index (χ3n) is 2.38. The molecule has 1 aromatic carbocycles. The molecule has 0 spiro atoms. The molecule has 3 nitrogen and oxygen atoms in total. The lowest BCUT2D eigenvalue weighted by Crippen LogP contribution is -2.25. The second kappa shape index (κ2) is 6.10. The number of carbonyl (C=O) groups is 1. The van der Waals surface area contributed by atoms with E-state index in [9.17, 15) is 13.6 Å². The highest BCUT2D eigenvalue weighted by Gasteiger charge is 2.38. The number of benzene rings is 1. The van der Waals surface area contributed by atoms with E-state index in [1.54, 1.807) is 19.1 Å². The summed E-state index contributed by atoms with van der Waals surface area (Å²) in [6.45, 7) is 1.62. The summed E-state index contributed by atoms with van der Waals surface area (Å²) in [7, 11) is 0. The Bertz CT molecular complexity index is 440. The molecule has 5 heteroatoms. The summed E-state index contributed by atoms with van der Waals surface area (Å²) in [6.07, 6.45) is -0.869. The number of nitriles is 1. The van der Waals surface area contributed by atoms with Gasteiger partial charge in [-0.15, -0.1) is 0 Å². The Morgan fingerprint density at radius 3 is 2.56 bits per heavy atom. The van der Waals surface area contributed by atoms with E-state index in [1.165, 1.54) is 24.3 Å². The van der Waals surface area contributed by atoms with E-state index in [2.05, 4.69) is 4.74 Å². The van der Waals surface area contributed by atoms with Gasteiger partial charge < -0.3 is 4.74 Å². The van der Waals surface area contributed by atoms with Gasteiger partial charge in [-0.1, -0.05) is 30.3 Å². The van der Waals surface area contributed by atoms with Crippen molar-refractivity contribution < 1.29 is 18.3 Å². The number of alkyl halides is 2. The Kier molecular flexibility index (Phi) is 4.78. The normalized spacial score (nSPS) is 12.6. The number of esters is 1. The van der Waals surface area contributed by atoms with Crippen molar-refractivity contribution in [3.63, 3.8) is 0 Å². The summed E-state index contributed by atoms with van der Waals surface area (Å²) in [5.74, 6) is -5.59. The molecule has 0 amide bonds. The zero-order valence-corrected chi connectivity index (χ0v) is 9.90. The summed E-state index contributed by atoms with van der Waals surface area (Å²) in [6, 6.07) is 8.66. The molecule has 0 aromatic heterocycles. The van der Waals surface area contributed by atoms with Crippen molar-refractivity contribution in [2.45, 2.75) is 19.3 Å². The first kappa shape index (κ1) is 14.1. The van der Waals surface area contributed by atoms with Gasteiger partial charge in [0.2, 0.25) is 0 Å². The lowest BCUT2D eigenvalue weighted by molar-refractivity contribution is -0.149. The first-order valence-electron chi connectivity index (χ1n) is 5.51. The molecular weight excluding hydrogens is 240 g/mol. The van der Waals surface area contributed by atoms with E-state index in [1.807, 2.05) is 0 Å². The van der Waals surface area contributed by atoms with Crippen molar-refractivity contribution in [2.24, 2.45) is 5.92 Å². The predicted molar refractivity (Wildman–Crippen MR) is 60.7 cm³/mol. The van der Waals surface area contributed by atoms with Gasteiger partial charge in [0, 0.05) is 12.0 Å². The van der Waals surface area contributed by atoms with Gasteiger partial charge in [0.25, 0.3) is 5.92 Å². The lowest BCUT2D eigenvalue weighted by atomic mass is 9.97. The maximum atomic E-state index is 13.8. The van der Waals surface area contributed by atoms with Gasteiger partial charge in [0.05, 0.1) is 12.7 Å². The minimum absolute atomic E-state index is 0.0634. The first-order valence-corrected chi connectivity index (χ1v) is 5.51. The van der Waals surface area contributed by atoms with Gasteiger partial charge in [-0.25, -0.2) is 8.78 Å². The van der Waals surface area contributed by atoms with Crippen LogP contribution in [0.2, 0.25) is 0 Å². The molecule has 0 N–H and O–H groups in total. The van der Waals surface area contributed by atoms with Crippen LogP contribution in [0.5, 0.6) is 0 Å². The molecule has 0 aliphatic carbocycles. The summed E-state index contributed by atoms with van der Waals surface area (Å²) >= 11 is 0. The molecule has 0 bridgehead atoms. The average molecular weight is 253 g/mol. The Labute approximate surface area is 104 Å². The molecule has 0 aliphatic heterocycles. The van der Waals surface area contributed by atoms with E-state index in [4.69, 9.17) is 5.26 Å². The van der Waals surface area contributed by atoms with Crippen molar-refractivity contribution in [3.05, 3.63) is 35.9 Å². The maximum Gasteiger partial charge on any atom is 0.323 e. The second-order valence-electron chi connectivity index (χ2n) is 3.71. The van der Waals surface area contributed by atoms with Crippen molar-refractivity contribution in [1.29, 1.82) is 5.26 Å². The van der Waals surface area contributed by atoms with E-state index in [0.29, 0.717) is 0 Å². The number of carbonyl (C=O) groups excluding carboxylic acids is 1. The first-order chi connectivity index (χ1) is 8.51. The quantitative estimate of drug-likeness (QED) is 0.758. The van der Waals surface area contributed by atoms with Crippen LogP contribution in [0.4, 0.5) is 8.78 Å². The third-order valence-corrected chi connectivity index (χ3v) is 2.38. The molecular formula is C13H13F2NO2. The molecule has 96 valence electrons. The fourth-order valence-corrected chi connectivity index (χ4v) is 1.48. The second-order valence-corrected chi connectivity index (χ2v) is 3.71. The number of ether oxygens (including phenoxy) is 1. The number of halogens is 2. The minimum Gasteiger partial charge on any atom is -0.465 e. The Balaban J connectivity index is 2.82. The predicted octanol–water partition coefficient (Wildman–Crippen LogP) is 2.87.